The first kappa shape index (κ1) is 26.6. The molecule has 0 amide bonds. The third-order valence-corrected chi connectivity index (χ3v) is 5.03. The van der Waals surface area contributed by atoms with Crippen LogP contribution in [0.1, 0.15) is 52.3 Å². The summed E-state index contributed by atoms with van der Waals surface area (Å²) in [4.78, 5) is 17.2. The predicted molar refractivity (Wildman–Crippen MR) is 132 cm³/mol. The SMILES string of the molecule is Cc1ccc(-c2c(CN)c(CC(C)C)nc(Cc3ccccc3)c2C(=O)O)cc1.Cl.Cl. The second kappa shape index (κ2) is 11.8. The zero-order chi connectivity index (χ0) is 21.0. The van der Waals surface area contributed by atoms with Crippen LogP contribution in [0.3, 0.4) is 0 Å². The molecule has 4 nitrogen and oxygen atoms in total. The number of carbonyl (C=O) groups is 1. The van der Waals surface area contributed by atoms with Crippen LogP contribution in [0, 0.1) is 12.8 Å². The molecule has 0 fully saturated rings. The van der Waals surface area contributed by atoms with E-state index in [-0.39, 0.29) is 36.9 Å². The van der Waals surface area contributed by atoms with E-state index in [1.165, 1.54) is 0 Å². The fourth-order valence-electron chi connectivity index (χ4n) is 3.69. The number of aromatic carboxylic acids is 1. The summed E-state index contributed by atoms with van der Waals surface area (Å²) in [6.45, 7) is 6.54. The van der Waals surface area contributed by atoms with Crippen LogP contribution >= 0.6 is 24.8 Å². The molecule has 1 aromatic heterocycles. The Hall–Kier alpha value is -2.40. The van der Waals surface area contributed by atoms with Gasteiger partial charge in [0.05, 0.1) is 11.3 Å². The molecule has 3 aromatic rings. The lowest BCUT2D eigenvalue weighted by Crippen LogP contribution is -2.17. The number of halogens is 2. The van der Waals surface area contributed by atoms with Gasteiger partial charge in [0, 0.05) is 24.2 Å². The van der Waals surface area contributed by atoms with Crippen molar-refractivity contribution < 1.29 is 9.90 Å². The summed E-state index contributed by atoms with van der Waals surface area (Å²) >= 11 is 0. The maximum Gasteiger partial charge on any atom is 0.338 e. The number of nitrogens with two attached hydrogens (primary N) is 1. The van der Waals surface area contributed by atoms with Gasteiger partial charge < -0.3 is 10.8 Å². The van der Waals surface area contributed by atoms with Crippen LogP contribution in [0.5, 0.6) is 0 Å². The summed E-state index contributed by atoms with van der Waals surface area (Å²) in [7, 11) is 0. The zero-order valence-electron chi connectivity index (χ0n) is 18.1. The van der Waals surface area contributed by atoms with Gasteiger partial charge in [-0.1, -0.05) is 74.0 Å². The van der Waals surface area contributed by atoms with Crippen LogP contribution in [-0.2, 0) is 19.4 Å². The molecule has 0 aliphatic carbocycles. The van der Waals surface area contributed by atoms with Crippen LogP contribution in [0.2, 0.25) is 0 Å². The van der Waals surface area contributed by atoms with Crippen molar-refractivity contribution in [3.05, 3.63) is 88.2 Å². The van der Waals surface area contributed by atoms with E-state index >= 15 is 0 Å². The molecule has 31 heavy (non-hydrogen) atoms. The van der Waals surface area contributed by atoms with E-state index in [1.54, 1.807) is 0 Å². The van der Waals surface area contributed by atoms with Crippen molar-refractivity contribution in [3.8, 4) is 11.1 Å². The lowest BCUT2D eigenvalue weighted by Gasteiger charge is -2.20. The molecule has 2 aromatic carbocycles. The molecule has 0 radical (unpaired) electrons. The minimum absolute atomic E-state index is 0. The highest BCUT2D eigenvalue weighted by Crippen LogP contribution is 2.33. The fourth-order valence-corrected chi connectivity index (χ4v) is 3.69. The average Bonchev–Trinajstić information content (AvgIpc) is 2.68. The van der Waals surface area contributed by atoms with Gasteiger partial charge in [-0.3, -0.25) is 4.98 Å². The van der Waals surface area contributed by atoms with E-state index < -0.39 is 5.97 Å². The second-order valence-corrected chi connectivity index (χ2v) is 7.87. The van der Waals surface area contributed by atoms with Crippen LogP contribution in [-0.4, -0.2) is 16.1 Å². The molecule has 3 rings (SSSR count). The minimum Gasteiger partial charge on any atom is -0.478 e. The lowest BCUT2D eigenvalue weighted by molar-refractivity contribution is 0.0696. The molecule has 0 saturated carbocycles. The Bertz CT molecular complexity index is 1000. The summed E-state index contributed by atoms with van der Waals surface area (Å²) in [5.74, 6) is -0.580. The second-order valence-electron chi connectivity index (χ2n) is 7.87. The Morgan fingerprint density at radius 2 is 1.61 bits per heavy atom. The number of carboxylic acids is 1. The highest BCUT2D eigenvalue weighted by molar-refractivity contribution is 5.98. The summed E-state index contributed by atoms with van der Waals surface area (Å²) in [5, 5.41) is 10.2. The largest absolute Gasteiger partial charge is 0.478 e. The van der Waals surface area contributed by atoms with Crippen molar-refractivity contribution in [2.24, 2.45) is 11.7 Å². The molecule has 0 aliphatic rings. The Morgan fingerprint density at radius 1 is 1.00 bits per heavy atom. The van der Waals surface area contributed by atoms with Crippen molar-refractivity contribution in [3.63, 3.8) is 0 Å². The van der Waals surface area contributed by atoms with Gasteiger partial charge in [-0.2, -0.15) is 0 Å². The van der Waals surface area contributed by atoms with Gasteiger partial charge in [0.15, 0.2) is 0 Å². The van der Waals surface area contributed by atoms with Gasteiger partial charge >= 0.3 is 5.97 Å². The highest BCUT2D eigenvalue weighted by Gasteiger charge is 2.25. The normalized spacial score (nSPS) is 10.4. The van der Waals surface area contributed by atoms with Crippen molar-refractivity contribution in [2.45, 2.75) is 40.2 Å². The molecule has 1 heterocycles. The summed E-state index contributed by atoms with van der Waals surface area (Å²) in [6, 6.07) is 17.8. The maximum atomic E-state index is 12.4. The van der Waals surface area contributed by atoms with E-state index in [0.29, 0.717) is 23.6 Å². The fraction of sp³-hybridized carbons (Fsp3) is 0.280. The lowest BCUT2D eigenvalue weighted by atomic mass is 9.88. The molecule has 6 heteroatoms. The topological polar surface area (TPSA) is 76.2 Å². The van der Waals surface area contributed by atoms with E-state index in [0.717, 1.165) is 34.4 Å². The maximum absolute atomic E-state index is 12.4. The average molecular weight is 461 g/mol. The number of hydrogen-bond donors (Lipinski definition) is 2. The van der Waals surface area contributed by atoms with Crippen molar-refractivity contribution in [2.75, 3.05) is 0 Å². The van der Waals surface area contributed by atoms with Crippen LogP contribution in [0.15, 0.2) is 54.6 Å². The monoisotopic (exact) mass is 460 g/mol. The van der Waals surface area contributed by atoms with Gasteiger partial charge in [0.25, 0.3) is 0 Å². The predicted octanol–water partition coefficient (Wildman–Crippen LogP) is 5.85. The molecule has 3 N–H and O–H groups in total. The van der Waals surface area contributed by atoms with E-state index in [2.05, 4.69) is 13.8 Å². The molecular formula is C25H30Cl2N2O2. The summed E-state index contributed by atoms with van der Waals surface area (Å²) in [5.41, 5.74) is 12.4. The molecular weight excluding hydrogens is 431 g/mol. The Labute approximate surface area is 196 Å². The highest BCUT2D eigenvalue weighted by atomic mass is 35.5. The van der Waals surface area contributed by atoms with Crippen molar-refractivity contribution >= 4 is 30.8 Å². The number of carboxylic acid groups (broad SMARTS) is 1. The smallest absolute Gasteiger partial charge is 0.338 e. The number of rotatable bonds is 7. The number of aromatic nitrogens is 1. The van der Waals surface area contributed by atoms with Gasteiger partial charge in [0.1, 0.15) is 0 Å². The first-order chi connectivity index (χ1) is 13.9. The number of nitrogens with zero attached hydrogens (tertiary/aromatic N) is 1. The van der Waals surface area contributed by atoms with Crippen molar-refractivity contribution in [1.82, 2.24) is 4.98 Å². The van der Waals surface area contributed by atoms with E-state index in [1.807, 2.05) is 61.5 Å². The molecule has 0 saturated heterocycles. The molecule has 0 unspecified atom stereocenters. The number of benzene rings is 2. The zero-order valence-corrected chi connectivity index (χ0v) is 19.7. The Morgan fingerprint density at radius 3 is 2.13 bits per heavy atom. The molecule has 0 aliphatic heterocycles. The quantitative estimate of drug-likeness (QED) is 0.463. The van der Waals surface area contributed by atoms with Crippen LogP contribution in [0.4, 0.5) is 0 Å². The van der Waals surface area contributed by atoms with Gasteiger partial charge in [-0.15, -0.1) is 24.8 Å². The summed E-state index contributed by atoms with van der Waals surface area (Å²) < 4.78 is 0. The van der Waals surface area contributed by atoms with E-state index in [9.17, 15) is 9.90 Å². The van der Waals surface area contributed by atoms with Crippen LogP contribution in [0.25, 0.3) is 11.1 Å². The van der Waals surface area contributed by atoms with Crippen molar-refractivity contribution in [1.29, 1.82) is 0 Å². The number of pyridine rings is 1. The third kappa shape index (κ3) is 6.30. The first-order valence-electron chi connectivity index (χ1n) is 9.99. The van der Waals surface area contributed by atoms with E-state index in [4.69, 9.17) is 10.7 Å². The standard InChI is InChI=1S/C25H28N2O2.2ClH/c1-16(2)13-21-20(15-26)23(19-11-9-17(3)10-12-19)24(25(28)29)22(27-21)14-18-7-5-4-6-8-18;;/h4-12,16H,13-15,26H2,1-3H3,(H,28,29);2*1H. The van der Waals surface area contributed by atoms with Gasteiger partial charge in [-0.25, -0.2) is 4.79 Å². The van der Waals surface area contributed by atoms with Crippen LogP contribution < -0.4 is 5.73 Å². The molecule has 166 valence electrons. The third-order valence-electron chi connectivity index (χ3n) is 5.03. The molecule has 0 atom stereocenters. The van der Waals surface area contributed by atoms with Gasteiger partial charge in [0.2, 0.25) is 0 Å². The minimum atomic E-state index is -0.968. The summed E-state index contributed by atoms with van der Waals surface area (Å²) in [6.07, 6.45) is 1.23. The number of hydrogen-bond acceptors (Lipinski definition) is 3. The Balaban J connectivity index is 0.00000240. The molecule has 0 bridgehead atoms. The molecule has 0 spiro atoms. The first-order valence-corrected chi connectivity index (χ1v) is 9.99. The van der Waals surface area contributed by atoms with Gasteiger partial charge in [-0.05, 0) is 36.0 Å². The Kier molecular flexibility index (Phi) is 10.2. The number of aryl methyl sites for hydroxylation is 1.